The normalized spacial score (nSPS) is 11.9. The van der Waals surface area contributed by atoms with Crippen LogP contribution in [0.2, 0.25) is 0 Å². The van der Waals surface area contributed by atoms with Gasteiger partial charge in [0.15, 0.2) is 0 Å². The van der Waals surface area contributed by atoms with Crippen molar-refractivity contribution in [2.45, 2.75) is 20.8 Å². The Morgan fingerprint density at radius 2 is 1.13 bits per heavy atom. The van der Waals surface area contributed by atoms with Gasteiger partial charge in [0, 0.05) is 22.0 Å². The van der Waals surface area contributed by atoms with E-state index in [-0.39, 0.29) is 0 Å². The van der Waals surface area contributed by atoms with E-state index in [1.54, 1.807) is 0 Å². The zero-order valence-corrected chi connectivity index (χ0v) is 25.6. The summed E-state index contributed by atoms with van der Waals surface area (Å²) in [5.41, 5.74) is 9.36. The second-order valence-electron chi connectivity index (χ2n) is 12.4. The van der Waals surface area contributed by atoms with Gasteiger partial charge in [0.2, 0.25) is 0 Å². The monoisotopic (exact) mass is 577 g/mol. The quantitative estimate of drug-likeness (QED) is 0.193. The Balaban J connectivity index is 1.26. The number of anilines is 3. The molecule has 0 aliphatic heterocycles. The summed E-state index contributed by atoms with van der Waals surface area (Å²) in [6, 6.07) is 48.7. The fourth-order valence-electron chi connectivity index (χ4n) is 7.48. The van der Waals surface area contributed by atoms with Gasteiger partial charge in [0.1, 0.15) is 11.3 Å². The molecule has 0 radical (unpaired) electrons. The summed E-state index contributed by atoms with van der Waals surface area (Å²) in [4.78, 5) is 2.47. The van der Waals surface area contributed by atoms with Gasteiger partial charge >= 0.3 is 0 Å². The minimum absolute atomic E-state index is 0.892. The molecule has 8 aromatic carbocycles. The van der Waals surface area contributed by atoms with Crippen LogP contribution in [0.15, 0.2) is 138 Å². The number of para-hydroxylation sites is 1. The molecule has 1 heterocycles. The van der Waals surface area contributed by atoms with Crippen molar-refractivity contribution in [2.24, 2.45) is 0 Å². The van der Waals surface area contributed by atoms with Gasteiger partial charge in [-0.3, -0.25) is 0 Å². The molecule has 0 spiro atoms. The molecule has 45 heavy (non-hydrogen) atoms. The molecule has 9 aromatic rings. The van der Waals surface area contributed by atoms with Crippen LogP contribution < -0.4 is 4.90 Å². The van der Waals surface area contributed by atoms with Crippen molar-refractivity contribution >= 4 is 71.1 Å². The molecule has 2 heteroatoms. The molecule has 0 N–H and O–H groups in total. The van der Waals surface area contributed by atoms with Crippen LogP contribution in [0.3, 0.4) is 0 Å². The summed E-state index contributed by atoms with van der Waals surface area (Å²) in [7, 11) is 0. The minimum atomic E-state index is 0.892. The number of furan rings is 1. The van der Waals surface area contributed by atoms with Crippen molar-refractivity contribution in [3.8, 4) is 11.3 Å². The third kappa shape index (κ3) is 4.03. The van der Waals surface area contributed by atoms with E-state index < -0.39 is 0 Å². The molecular formula is C43H31NO. The van der Waals surface area contributed by atoms with Crippen LogP contribution in [0.5, 0.6) is 0 Å². The van der Waals surface area contributed by atoms with Gasteiger partial charge < -0.3 is 9.32 Å². The summed E-state index contributed by atoms with van der Waals surface area (Å²) in [6.07, 6.45) is 0. The molecule has 9 rings (SSSR count). The number of hydrogen-bond donors (Lipinski definition) is 0. The third-order valence-corrected chi connectivity index (χ3v) is 9.40. The lowest BCUT2D eigenvalue weighted by atomic mass is 9.92. The van der Waals surface area contributed by atoms with Crippen molar-refractivity contribution in [1.29, 1.82) is 0 Å². The Morgan fingerprint density at radius 3 is 1.93 bits per heavy atom. The second-order valence-corrected chi connectivity index (χ2v) is 12.4. The van der Waals surface area contributed by atoms with E-state index in [0.717, 1.165) is 28.0 Å². The van der Waals surface area contributed by atoms with Crippen molar-refractivity contribution in [3.63, 3.8) is 0 Å². The van der Waals surface area contributed by atoms with Crippen LogP contribution >= 0.6 is 0 Å². The lowest BCUT2D eigenvalue weighted by Crippen LogP contribution is -2.13. The van der Waals surface area contributed by atoms with Crippen molar-refractivity contribution < 1.29 is 4.42 Å². The Morgan fingerprint density at radius 1 is 0.489 bits per heavy atom. The average Bonchev–Trinajstić information content (AvgIpc) is 3.49. The van der Waals surface area contributed by atoms with Crippen molar-refractivity contribution in [3.05, 3.63) is 150 Å². The standard InChI is InChI=1S/C43H31NO/c1-26-21-27(2)43(28(3)22-26)44(38-20-17-31-12-11-29-8-6-9-30-16-19-37(38)42(31)41(29)30)36-18-15-32-23-35(14-13-33(32)24-36)40-25-34-7-4-5-10-39(34)45-40/h4-25H,1-3H3. The van der Waals surface area contributed by atoms with Crippen LogP contribution in [0.4, 0.5) is 17.1 Å². The smallest absolute Gasteiger partial charge is 0.135 e. The van der Waals surface area contributed by atoms with Crippen molar-refractivity contribution in [1.82, 2.24) is 0 Å². The van der Waals surface area contributed by atoms with Crippen molar-refractivity contribution in [2.75, 3.05) is 4.90 Å². The van der Waals surface area contributed by atoms with E-state index in [0.29, 0.717) is 0 Å². The number of hydrogen-bond acceptors (Lipinski definition) is 2. The molecule has 0 atom stereocenters. The molecule has 2 nitrogen and oxygen atoms in total. The summed E-state index contributed by atoms with van der Waals surface area (Å²) < 4.78 is 6.20. The predicted molar refractivity (Wildman–Crippen MR) is 192 cm³/mol. The first kappa shape index (κ1) is 25.9. The largest absolute Gasteiger partial charge is 0.456 e. The van der Waals surface area contributed by atoms with Crippen LogP contribution in [0.1, 0.15) is 16.7 Å². The Bertz CT molecular complexity index is 2520. The maximum absolute atomic E-state index is 6.20. The molecule has 0 saturated heterocycles. The molecule has 0 fully saturated rings. The summed E-state index contributed by atoms with van der Waals surface area (Å²) in [6.45, 7) is 6.65. The van der Waals surface area contributed by atoms with Gasteiger partial charge in [0.05, 0.1) is 11.4 Å². The molecule has 0 aliphatic carbocycles. The topological polar surface area (TPSA) is 16.4 Å². The highest BCUT2D eigenvalue weighted by Crippen LogP contribution is 2.46. The van der Waals surface area contributed by atoms with Gasteiger partial charge in [-0.05, 0) is 106 Å². The van der Waals surface area contributed by atoms with E-state index >= 15 is 0 Å². The van der Waals surface area contributed by atoms with Gasteiger partial charge in [-0.25, -0.2) is 0 Å². The highest BCUT2D eigenvalue weighted by molar-refractivity contribution is 6.25. The maximum Gasteiger partial charge on any atom is 0.135 e. The Labute approximate surface area is 262 Å². The SMILES string of the molecule is Cc1cc(C)c(N(c2ccc3cc(-c4cc5ccccc5o4)ccc3c2)c2ccc3ccc4cccc5ccc2c3c45)c(C)c1. The second kappa shape index (κ2) is 9.70. The first-order valence-corrected chi connectivity index (χ1v) is 15.6. The van der Waals surface area contributed by atoms with Crippen LogP contribution in [-0.2, 0) is 0 Å². The number of nitrogens with zero attached hydrogens (tertiary/aromatic N) is 1. The molecule has 0 bridgehead atoms. The number of aryl methyl sites for hydroxylation is 3. The minimum Gasteiger partial charge on any atom is -0.456 e. The molecule has 0 amide bonds. The molecular weight excluding hydrogens is 546 g/mol. The number of benzene rings is 8. The summed E-state index contributed by atoms with van der Waals surface area (Å²) in [5, 5.41) is 11.3. The molecule has 214 valence electrons. The first-order chi connectivity index (χ1) is 22.0. The number of rotatable bonds is 4. The van der Waals surface area contributed by atoms with Gasteiger partial charge in [-0.2, -0.15) is 0 Å². The highest BCUT2D eigenvalue weighted by Gasteiger charge is 2.21. The Kier molecular flexibility index (Phi) is 5.58. The Hall–Kier alpha value is -5.60. The van der Waals surface area contributed by atoms with Gasteiger partial charge in [-0.1, -0.05) is 103 Å². The average molecular weight is 578 g/mol. The third-order valence-electron chi connectivity index (χ3n) is 9.40. The zero-order valence-electron chi connectivity index (χ0n) is 25.6. The van der Waals surface area contributed by atoms with E-state index in [1.165, 1.54) is 71.2 Å². The molecule has 1 aromatic heterocycles. The summed E-state index contributed by atoms with van der Waals surface area (Å²) in [5.74, 6) is 0.892. The summed E-state index contributed by atoms with van der Waals surface area (Å²) >= 11 is 0. The fraction of sp³-hybridized carbons (Fsp3) is 0.0698. The van der Waals surface area contributed by atoms with E-state index in [1.807, 2.05) is 18.2 Å². The lowest BCUT2D eigenvalue weighted by Gasteiger charge is -2.31. The molecule has 0 aliphatic rings. The van der Waals surface area contributed by atoms with E-state index in [4.69, 9.17) is 4.42 Å². The first-order valence-electron chi connectivity index (χ1n) is 15.6. The van der Waals surface area contributed by atoms with E-state index in [9.17, 15) is 0 Å². The highest BCUT2D eigenvalue weighted by atomic mass is 16.3. The fourth-order valence-corrected chi connectivity index (χ4v) is 7.48. The van der Waals surface area contributed by atoms with Crippen LogP contribution in [-0.4, -0.2) is 0 Å². The lowest BCUT2D eigenvalue weighted by molar-refractivity contribution is 0.631. The van der Waals surface area contributed by atoms with E-state index in [2.05, 4.69) is 141 Å². The van der Waals surface area contributed by atoms with Crippen LogP contribution in [0.25, 0.3) is 65.4 Å². The predicted octanol–water partition coefficient (Wildman–Crippen LogP) is 12.5. The molecule has 0 saturated carbocycles. The number of fused-ring (bicyclic) bond motifs is 2. The zero-order chi connectivity index (χ0) is 30.2. The molecule has 0 unspecified atom stereocenters. The van der Waals surface area contributed by atoms with Crippen LogP contribution in [0, 0.1) is 20.8 Å². The van der Waals surface area contributed by atoms with Gasteiger partial charge in [-0.15, -0.1) is 0 Å². The van der Waals surface area contributed by atoms with Gasteiger partial charge in [0.25, 0.3) is 0 Å². The maximum atomic E-state index is 6.20.